The van der Waals surface area contributed by atoms with Crippen LogP contribution >= 0.6 is 0 Å². The Balaban J connectivity index is 1.86. The summed E-state index contributed by atoms with van der Waals surface area (Å²) in [5, 5.41) is 2.88. The Hall–Kier alpha value is -3.52. The van der Waals surface area contributed by atoms with Gasteiger partial charge in [0.25, 0.3) is 10.0 Å². The van der Waals surface area contributed by atoms with E-state index in [1.165, 1.54) is 12.1 Å². The fraction of sp³-hybridized carbons (Fsp3) is 0.240. The molecule has 3 aromatic rings. The first-order valence-corrected chi connectivity index (χ1v) is 12.0. The molecule has 0 aliphatic rings. The summed E-state index contributed by atoms with van der Waals surface area (Å²) >= 11 is 0. The molecule has 8 heteroatoms. The Morgan fingerprint density at radius 1 is 0.970 bits per heavy atom. The van der Waals surface area contributed by atoms with E-state index >= 15 is 0 Å². The first-order valence-electron chi connectivity index (χ1n) is 10.6. The second kappa shape index (κ2) is 10.9. The number of amides is 1. The number of nitrogens with one attached hydrogen (secondary N) is 1. The van der Waals surface area contributed by atoms with Crippen LogP contribution in [-0.2, 0) is 14.8 Å². The minimum Gasteiger partial charge on any atom is -0.496 e. The number of para-hydroxylation sites is 2. The summed E-state index contributed by atoms with van der Waals surface area (Å²) in [5.41, 5.74) is 1.19. The fourth-order valence-electron chi connectivity index (χ4n) is 3.43. The molecule has 1 atom stereocenters. The van der Waals surface area contributed by atoms with E-state index in [4.69, 9.17) is 9.47 Å². The molecule has 1 N–H and O–H groups in total. The van der Waals surface area contributed by atoms with Crippen molar-refractivity contribution in [3.63, 3.8) is 0 Å². The van der Waals surface area contributed by atoms with Crippen LogP contribution in [-0.4, -0.2) is 34.6 Å². The lowest BCUT2D eigenvalue weighted by molar-refractivity contribution is -0.120. The number of nitrogens with zero attached hydrogens (tertiary/aromatic N) is 1. The molecule has 1 amide bonds. The Kier molecular flexibility index (Phi) is 7.95. The van der Waals surface area contributed by atoms with Crippen molar-refractivity contribution in [3.8, 4) is 11.5 Å². The van der Waals surface area contributed by atoms with E-state index in [0.717, 1.165) is 9.87 Å². The van der Waals surface area contributed by atoms with E-state index < -0.39 is 15.9 Å². The molecule has 174 valence electrons. The molecule has 33 heavy (non-hydrogen) atoms. The molecule has 0 aliphatic carbocycles. The van der Waals surface area contributed by atoms with Gasteiger partial charge < -0.3 is 14.8 Å². The Bertz CT molecular complexity index is 1160. The highest BCUT2D eigenvalue weighted by molar-refractivity contribution is 7.92. The highest BCUT2D eigenvalue weighted by atomic mass is 32.2. The molecule has 0 aliphatic heterocycles. The quantitative estimate of drug-likeness (QED) is 0.483. The van der Waals surface area contributed by atoms with Gasteiger partial charge in [-0.25, -0.2) is 8.42 Å². The number of methoxy groups -OCH3 is 1. The standard InChI is InChI=1S/C25H28N2O5S/c1-4-32-21-14-16-22(17-15-21)33(29,30)27(20-10-6-5-7-11-20)18-25(28)26-19(2)23-12-8-9-13-24(23)31-3/h5-17,19H,4,18H2,1-3H3,(H,26,28)/t19-/m1/s1. The summed E-state index contributed by atoms with van der Waals surface area (Å²) < 4.78 is 38.8. The van der Waals surface area contributed by atoms with Crippen molar-refractivity contribution >= 4 is 21.6 Å². The molecular weight excluding hydrogens is 440 g/mol. The van der Waals surface area contributed by atoms with Crippen LogP contribution in [0.1, 0.15) is 25.5 Å². The van der Waals surface area contributed by atoms with Gasteiger partial charge in [-0.05, 0) is 56.3 Å². The number of sulfonamides is 1. The second-order valence-corrected chi connectivity index (χ2v) is 9.15. The summed E-state index contributed by atoms with van der Waals surface area (Å²) in [7, 11) is -2.44. The van der Waals surface area contributed by atoms with Gasteiger partial charge in [0.2, 0.25) is 5.91 Å². The lowest BCUT2D eigenvalue weighted by Gasteiger charge is -2.25. The number of carbonyl (C=O) groups is 1. The first-order chi connectivity index (χ1) is 15.9. The molecule has 0 aromatic heterocycles. The van der Waals surface area contributed by atoms with Gasteiger partial charge in [0.15, 0.2) is 0 Å². The maximum atomic E-state index is 13.5. The van der Waals surface area contributed by atoms with E-state index in [1.54, 1.807) is 49.6 Å². The van der Waals surface area contributed by atoms with Gasteiger partial charge >= 0.3 is 0 Å². The number of carbonyl (C=O) groups excluding carboxylic acids is 1. The minimum atomic E-state index is -4.00. The highest BCUT2D eigenvalue weighted by Gasteiger charge is 2.28. The number of rotatable bonds is 10. The Labute approximate surface area is 195 Å². The molecule has 3 rings (SSSR count). The van der Waals surface area contributed by atoms with Gasteiger partial charge in [-0.15, -0.1) is 0 Å². The van der Waals surface area contributed by atoms with E-state index in [1.807, 2.05) is 38.1 Å². The van der Waals surface area contributed by atoms with Gasteiger partial charge in [-0.2, -0.15) is 0 Å². The molecule has 7 nitrogen and oxygen atoms in total. The van der Waals surface area contributed by atoms with Crippen LogP contribution in [0, 0.1) is 0 Å². The van der Waals surface area contributed by atoms with Crippen LogP contribution in [0.3, 0.4) is 0 Å². The number of hydrogen-bond acceptors (Lipinski definition) is 5. The maximum Gasteiger partial charge on any atom is 0.264 e. The molecule has 0 saturated heterocycles. The molecule has 0 fully saturated rings. The van der Waals surface area contributed by atoms with Gasteiger partial charge in [-0.1, -0.05) is 36.4 Å². The van der Waals surface area contributed by atoms with Crippen molar-refractivity contribution < 1.29 is 22.7 Å². The summed E-state index contributed by atoms with van der Waals surface area (Å²) in [6, 6.07) is 21.7. The molecule has 0 spiro atoms. The summed E-state index contributed by atoms with van der Waals surface area (Å²) in [6.07, 6.45) is 0. The van der Waals surface area contributed by atoms with E-state index in [0.29, 0.717) is 23.8 Å². The van der Waals surface area contributed by atoms with Crippen LogP contribution in [0.5, 0.6) is 11.5 Å². The zero-order valence-corrected chi connectivity index (χ0v) is 19.7. The average molecular weight is 469 g/mol. The fourth-order valence-corrected chi connectivity index (χ4v) is 4.85. The molecule has 3 aromatic carbocycles. The van der Waals surface area contributed by atoms with E-state index in [9.17, 15) is 13.2 Å². The predicted molar refractivity (Wildman–Crippen MR) is 128 cm³/mol. The third-order valence-electron chi connectivity index (χ3n) is 5.04. The average Bonchev–Trinajstić information content (AvgIpc) is 2.83. The summed E-state index contributed by atoms with van der Waals surface area (Å²) in [4.78, 5) is 13.0. The second-order valence-electron chi connectivity index (χ2n) is 7.28. The Morgan fingerprint density at radius 3 is 2.24 bits per heavy atom. The van der Waals surface area contributed by atoms with Gasteiger partial charge in [0.05, 0.1) is 30.3 Å². The van der Waals surface area contributed by atoms with Crippen LogP contribution in [0.15, 0.2) is 83.8 Å². The van der Waals surface area contributed by atoms with Gasteiger partial charge in [0.1, 0.15) is 18.0 Å². The monoisotopic (exact) mass is 468 g/mol. The third kappa shape index (κ3) is 5.84. The van der Waals surface area contributed by atoms with Crippen LogP contribution in [0.4, 0.5) is 5.69 Å². The van der Waals surface area contributed by atoms with E-state index in [2.05, 4.69) is 5.32 Å². The first kappa shape index (κ1) is 24.1. The molecule has 0 unspecified atom stereocenters. The summed E-state index contributed by atoms with van der Waals surface area (Å²) in [6.45, 7) is 3.78. The maximum absolute atomic E-state index is 13.5. The number of anilines is 1. The Morgan fingerprint density at radius 2 is 1.61 bits per heavy atom. The lowest BCUT2D eigenvalue weighted by Crippen LogP contribution is -2.41. The largest absolute Gasteiger partial charge is 0.496 e. The van der Waals surface area contributed by atoms with Crippen molar-refractivity contribution in [2.45, 2.75) is 24.8 Å². The normalized spacial score (nSPS) is 12.0. The minimum absolute atomic E-state index is 0.0698. The molecule has 0 heterocycles. The molecular formula is C25H28N2O5S. The van der Waals surface area contributed by atoms with Gasteiger partial charge in [0, 0.05) is 5.56 Å². The van der Waals surface area contributed by atoms with Gasteiger partial charge in [-0.3, -0.25) is 9.10 Å². The number of hydrogen-bond donors (Lipinski definition) is 1. The van der Waals surface area contributed by atoms with Crippen molar-refractivity contribution in [1.82, 2.24) is 5.32 Å². The van der Waals surface area contributed by atoms with Crippen molar-refractivity contribution in [2.24, 2.45) is 0 Å². The zero-order valence-electron chi connectivity index (χ0n) is 18.9. The van der Waals surface area contributed by atoms with Crippen LogP contribution in [0.25, 0.3) is 0 Å². The lowest BCUT2D eigenvalue weighted by atomic mass is 10.1. The number of benzene rings is 3. The smallest absolute Gasteiger partial charge is 0.264 e. The SMILES string of the molecule is CCOc1ccc(S(=O)(=O)N(CC(=O)N[C@H](C)c2ccccc2OC)c2ccccc2)cc1. The van der Waals surface area contributed by atoms with E-state index in [-0.39, 0.29) is 17.5 Å². The molecule has 0 bridgehead atoms. The van der Waals surface area contributed by atoms with Crippen molar-refractivity contribution in [2.75, 3.05) is 24.6 Å². The highest BCUT2D eigenvalue weighted by Crippen LogP contribution is 2.26. The summed E-state index contributed by atoms with van der Waals surface area (Å²) in [5.74, 6) is 0.782. The molecule has 0 saturated carbocycles. The third-order valence-corrected chi connectivity index (χ3v) is 6.83. The zero-order chi connectivity index (χ0) is 23.8. The van der Waals surface area contributed by atoms with Crippen LogP contribution in [0.2, 0.25) is 0 Å². The van der Waals surface area contributed by atoms with Crippen molar-refractivity contribution in [3.05, 3.63) is 84.4 Å². The van der Waals surface area contributed by atoms with Crippen LogP contribution < -0.4 is 19.1 Å². The van der Waals surface area contributed by atoms with Crippen molar-refractivity contribution in [1.29, 1.82) is 0 Å². The predicted octanol–water partition coefficient (Wildman–Crippen LogP) is 4.17. The number of ether oxygens (including phenoxy) is 2. The topological polar surface area (TPSA) is 84.9 Å². The molecule has 0 radical (unpaired) electrons.